The highest BCUT2D eigenvalue weighted by atomic mass is 16.5. The van der Waals surface area contributed by atoms with Crippen LogP contribution < -0.4 is 11.1 Å². The third kappa shape index (κ3) is 2.40. The van der Waals surface area contributed by atoms with Gasteiger partial charge in [-0.1, -0.05) is 0 Å². The van der Waals surface area contributed by atoms with Crippen LogP contribution in [0.3, 0.4) is 0 Å². The second-order valence-corrected chi connectivity index (χ2v) is 7.06. The van der Waals surface area contributed by atoms with Gasteiger partial charge < -0.3 is 15.8 Å². The second kappa shape index (κ2) is 5.06. The second-order valence-electron chi connectivity index (χ2n) is 7.06. The van der Waals surface area contributed by atoms with Crippen LogP contribution in [0, 0.1) is 23.2 Å². The highest BCUT2D eigenvalue weighted by Gasteiger charge is 2.54. The van der Waals surface area contributed by atoms with E-state index in [9.17, 15) is 4.79 Å². The van der Waals surface area contributed by atoms with Gasteiger partial charge in [0.15, 0.2) is 0 Å². The number of methoxy groups -OCH3 is 1. The largest absolute Gasteiger partial charge is 0.383 e. The molecule has 1 atom stereocenters. The van der Waals surface area contributed by atoms with Crippen molar-refractivity contribution < 1.29 is 9.53 Å². The molecule has 0 spiro atoms. The average Bonchev–Trinajstić information content (AvgIpc) is 2.36. The number of hydrogen-bond acceptors (Lipinski definition) is 3. The van der Waals surface area contributed by atoms with Crippen molar-refractivity contribution in [3.63, 3.8) is 0 Å². The smallest absolute Gasteiger partial charge is 0.226 e. The first-order chi connectivity index (χ1) is 9.15. The molecule has 4 saturated carbocycles. The van der Waals surface area contributed by atoms with Gasteiger partial charge in [-0.2, -0.15) is 0 Å². The molecule has 4 heteroatoms. The molecule has 19 heavy (non-hydrogen) atoms. The first kappa shape index (κ1) is 13.4. The molecule has 1 unspecified atom stereocenters. The standard InChI is InChI=1S/C15H26N2O2/c1-19-9-13(8-16)17-14(18)15-5-10-2-11(6-15)4-12(3-10)7-15/h10-13H,2-9,16H2,1H3,(H,17,18). The van der Waals surface area contributed by atoms with E-state index >= 15 is 0 Å². The zero-order valence-corrected chi connectivity index (χ0v) is 11.9. The van der Waals surface area contributed by atoms with Crippen molar-refractivity contribution >= 4 is 5.91 Å². The molecule has 4 nitrogen and oxygen atoms in total. The molecule has 4 bridgehead atoms. The summed E-state index contributed by atoms with van der Waals surface area (Å²) in [5.74, 6) is 2.65. The lowest BCUT2D eigenvalue weighted by Crippen LogP contribution is -2.56. The minimum atomic E-state index is -0.0735. The van der Waals surface area contributed by atoms with Gasteiger partial charge in [0.2, 0.25) is 5.91 Å². The Kier molecular flexibility index (Phi) is 3.56. The molecular weight excluding hydrogens is 240 g/mol. The van der Waals surface area contributed by atoms with Crippen LogP contribution in [0.25, 0.3) is 0 Å². The van der Waals surface area contributed by atoms with Crippen LogP contribution in [0.1, 0.15) is 38.5 Å². The molecule has 0 aliphatic heterocycles. The Labute approximate surface area is 115 Å². The molecule has 4 fully saturated rings. The fraction of sp³-hybridized carbons (Fsp3) is 0.933. The molecule has 0 aromatic rings. The van der Waals surface area contributed by atoms with Gasteiger partial charge in [-0.3, -0.25) is 4.79 Å². The molecular formula is C15H26N2O2. The lowest BCUT2D eigenvalue weighted by Gasteiger charge is -2.55. The summed E-state index contributed by atoms with van der Waals surface area (Å²) in [7, 11) is 1.65. The predicted molar refractivity (Wildman–Crippen MR) is 73.5 cm³/mol. The fourth-order valence-corrected chi connectivity index (χ4v) is 5.10. The lowest BCUT2D eigenvalue weighted by atomic mass is 9.49. The van der Waals surface area contributed by atoms with E-state index in [0.717, 1.165) is 37.0 Å². The summed E-state index contributed by atoms with van der Waals surface area (Å²) in [6.45, 7) is 0.959. The SMILES string of the molecule is COCC(CN)NC(=O)C12CC3CC(CC(C3)C1)C2. The van der Waals surface area contributed by atoms with Crippen molar-refractivity contribution in [2.24, 2.45) is 28.9 Å². The van der Waals surface area contributed by atoms with Gasteiger partial charge >= 0.3 is 0 Å². The van der Waals surface area contributed by atoms with Gasteiger partial charge in [-0.15, -0.1) is 0 Å². The third-order valence-corrected chi connectivity index (χ3v) is 5.51. The van der Waals surface area contributed by atoms with Crippen molar-refractivity contribution in [1.82, 2.24) is 5.32 Å². The average molecular weight is 266 g/mol. The summed E-state index contributed by atoms with van der Waals surface area (Å²) in [6, 6.07) is -0.0366. The van der Waals surface area contributed by atoms with Gasteiger partial charge in [0, 0.05) is 19.1 Å². The molecule has 3 N–H and O–H groups in total. The Morgan fingerprint density at radius 2 is 1.79 bits per heavy atom. The minimum absolute atomic E-state index is 0.0366. The number of ether oxygens (including phenoxy) is 1. The number of carbonyl (C=O) groups is 1. The van der Waals surface area contributed by atoms with Crippen LogP contribution in [-0.4, -0.2) is 32.2 Å². The van der Waals surface area contributed by atoms with Crippen LogP contribution in [0.2, 0.25) is 0 Å². The summed E-state index contributed by atoms with van der Waals surface area (Å²) in [5.41, 5.74) is 5.63. The fourth-order valence-electron chi connectivity index (χ4n) is 5.10. The number of hydrogen-bond donors (Lipinski definition) is 2. The van der Waals surface area contributed by atoms with Crippen LogP contribution >= 0.6 is 0 Å². The van der Waals surface area contributed by atoms with Gasteiger partial charge in [-0.05, 0) is 56.3 Å². The third-order valence-electron chi connectivity index (χ3n) is 5.51. The maximum absolute atomic E-state index is 12.7. The van der Waals surface area contributed by atoms with E-state index in [2.05, 4.69) is 5.32 Å². The molecule has 4 aliphatic carbocycles. The van der Waals surface area contributed by atoms with E-state index < -0.39 is 0 Å². The Morgan fingerprint density at radius 3 is 2.21 bits per heavy atom. The van der Waals surface area contributed by atoms with Gasteiger partial charge in [0.05, 0.1) is 12.6 Å². The summed E-state index contributed by atoms with van der Waals surface area (Å²) >= 11 is 0. The molecule has 0 aromatic carbocycles. The quantitative estimate of drug-likeness (QED) is 0.788. The number of carbonyl (C=O) groups excluding carboxylic acids is 1. The zero-order chi connectivity index (χ0) is 13.5. The van der Waals surface area contributed by atoms with E-state index in [-0.39, 0.29) is 17.4 Å². The number of amides is 1. The summed E-state index contributed by atoms with van der Waals surface area (Å²) in [6.07, 6.45) is 7.42. The molecule has 4 aliphatic rings. The Bertz CT molecular complexity index is 321. The van der Waals surface area contributed by atoms with E-state index in [1.54, 1.807) is 7.11 Å². The van der Waals surface area contributed by atoms with Crippen molar-refractivity contribution in [3.05, 3.63) is 0 Å². The molecule has 108 valence electrons. The zero-order valence-electron chi connectivity index (χ0n) is 11.9. The summed E-state index contributed by atoms with van der Waals surface area (Å²) < 4.78 is 5.12. The van der Waals surface area contributed by atoms with Crippen LogP contribution in [0.5, 0.6) is 0 Å². The monoisotopic (exact) mass is 266 g/mol. The Balaban J connectivity index is 1.69. The maximum Gasteiger partial charge on any atom is 0.226 e. The molecule has 0 heterocycles. The van der Waals surface area contributed by atoms with E-state index in [1.807, 2.05) is 0 Å². The van der Waals surface area contributed by atoms with Crippen molar-refractivity contribution in [2.45, 2.75) is 44.6 Å². The highest BCUT2D eigenvalue weighted by Crippen LogP contribution is 2.60. The predicted octanol–water partition coefficient (Wildman–Crippen LogP) is 1.29. The topological polar surface area (TPSA) is 64.3 Å². The van der Waals surface area contributed by atoms with Gasteiger partial charge in [0.25, 0.3) is 0 Å². The van der Waals surface area contributed by atoms with E-state index in [0.29, 0.717) is 13.2 Å². The first-order valence-corrected chi connectivity index (χ1v) is 7.65. The molecule has 0 aromatic heterocycles. The maximum atomic E-state index is 12.7. The summed E-state index contributed by atoms with van der Waals surface area (Å²) in [4.78, 5) is 12.7. The molecule has 0 radical (unpaired) electrons. The van der Waals surface area contributed by atoms with Gasteiger partial charge in [-0.25, -0.2) is 0 Å². The van der Waals surface area contributed by atoms with Crippen LogP contribution in [-0.2, 0) is 9.53 Å². The summed E-state index contributed by atoms with van der Waals surface area (Å²) in [5, 5.41) is 3.14. The molecule has 1 amide bonds. The van der Waals surface area contributed by atoms with Gasteiger partial charge in [0.1, 0.15) is 0 Å². The molecule has 4 rings (SSSR count). The van der Waals surface area contributed by atoms with E-state index in [4.69, 9.17) is 10.5 Å². The van der Waals surface area contributed by atoms with Crippen molar-refractivity contribution in [3.8, 4) is 0 Å². The molecule has 0 saturated heterocycles. The first-order valence-electron chi connectivity index (χ1n) is 7.65. The Hall–Kier alpha value is -0.610. The van der Waals surface area contributed by atoms with E-state index in [1.165, 1.54) is 19.3 Å². The normalized spacial score (nSPS) is 41.3. The lowest BCUT2D eigenvalue weighted by molar-refractivity contribution is -0.147. The Morgan fingerprint density at radius 1 is 1.26 bits per heavy atom. The minimum Gasteiger partial charge on any atom is -0.383 e. The number of nitrogens with two attached hydrogens (primary N) is 1. The van der Waals surface area contributed by atoms with Crippen LogP contribution in [0.4, 0.5) is 0 Å². The highest BCUT2D eigenvalue weighted by molar-refractivity contribution is 5.83. The van der Waals surface area contributed by atoms with Crippen molar-refractivity contribution in [2.75, 3.05) is 20.3 Å². The number of rotatable bonds is 5. The van der Waals surface area contributed by atoms with Crippen molar-refractivity contribution in [1.29, 1.82) is 0 Å². The van der Waals surface area contributed by atoms with Crippen LogP contribution in [0.15, 0.2) is 0 Å². The number of nitrogens with one attached hydrogen (secondary N) is 1.